The van der Waals surface area contributed by atoms with Crippen LogP contribution in [-0.2, 0) is 9.53 Å². The van der Waals surface area contributed by atoms with Crippen LogP contribution in [0.2, 0.25) is 0 Å². The number of amides is 1. The minimum absolute atomic E-state index is 0. The van der Waals surface area contributed by atoms with Gasteiger partial charge in [-0.3, -0.25) is 4.79 Å². The highest BCUT2D eigenvalue weighted by Crippen LogP contribution is 2.38. The highest BCUT2D eigenvalue weighted by molar-refractivity contribution is 5.85. The van der Waals surface area contributed by atoms with E-state index in [1.807, 2.05) is 0 Å². The molecule has 26 heavy (non-hydrogen) atoms. The van der Waals surface area contributed by atoms with E-state index in [0.717, 1.165) is 51.9 Å². The average Bonchev–Trinajstić information content (AvgIpc) is 2.68. The maximum atomic E-state index is 13.4. The molecule has 0 spiro atoms. The summed E-state index contributed by atoms with van der Waals surface area (Å²) >= 11 is 0. The van der Waals surface area contributed by atoms with E-state index in [-0.39, 0.29) is 17.8 Å². The molecule has 2 heterocycles. The van der Waals surface area contributed by atoms with Crippen LogP contribution in [0.1, 0.15) is 44.1 Å². The van der Waals surface area contributed by atoms with Crippen molar-refractivity contribution in [2.45, 2.75) is 38.5 Å². The lowest BCUT2D eigenvalue weighted by atomic mass is 9.75. The summed E-state index contributed by atoms with van der Waals surface area (Å²) in [5.41, 5.74) is 1.10. The Kier molecular flexibility index (Phi) is 7.93. The number of carbonyl (C=O) groups excluding carboxylic acids is 1. The molecule has 0 bridgehead atoms. The minimum Gasteiger partial charge on any atom is -0.384 e. The molecule has 2 aliphatic heterocycles. The zero-order chi connectivity index (χ0) is 17.7. The van der Waals surface area contributed by atoms with Gasteiger partial charge in [-0.25, -0.2) is 0 Å². The van der Waals surface area contributed by atoms with Crippen LogP contribution >= 0.6 is 12.4 Å². The predicted octanol–water partition coefficient (Wildman–Crippen LogP) is 3.47. The molecule has 1 N–H and O–H groups in total. The van der Waals surface area contributed by atoms with E-state index in [4.69, 9.17) is 4.74 Å². The maximum absolute atomic E-state index is 13.4. The number of carbonyl (C=O) groups is 1. The van der Waals surface area contributed by atoms with Gasteiger partial charge in [0.2, 0.25) is 5.91 Å². The van der Waals surface area contributed by atoms with Crippen LogP contribution < -0.4 is 5.32 Å². The van der Waals surface area contributed by atoms with Crippen molar-refractivity contribution in [3.05, 3.63) is 35.9 Å². The Bertz CT molecular complexity index is 555. The molecule has 1 aromatic carbocycles. The molecule has 0 saturated carbocycles. The molecule has 146 valence electrons. The van der Waals surface area contributed by atoms with E-state index >= 15 is 0 Å². The first kappa shape index (κ1) is 21.2. The summed E-state index contributed by atoms with van der Waals surface area (Å²) in [4.78, 5) is 15.5. The number of nitrogens with zero attached hydrogens (tertiary/aromatic N) is 1. The first-order valence-corrected chi connectivity index (χ1v) is 9.74. The van der Waals surface area contributed by atoms with Crippen molar-refractivity contribution >= 4 is 18.3 Å². The van der Waals surface area contributed by atoms with Gasteiger partial charge in [-0.1, -0.05) is 43.7 Å². The molecule has 3 rings (SSSR count). The number of methoxy groups -OCH3 is 1. The number of benzene rings is 1. The number of ether oxygens (including phenoxy) is 1. The van der Waals surface area contributed by atoms with Crippen LogP contribution in [0.15, 0.2) is 30.3 Å². The van der Waals surface area contributed by atoms with E-state index in [9.17, 15) is 4.79 Å². The fourth-order valence-electron chi connectivity index (χ4n) is 4.71. The molecule has 1 amide bonds. The Morgan fingerprint density at radius 2 is 1.96 bits per heavy atom. The van der Waals surface area contributed by atoms with Crippen molar-refractivity contribution in [1.29, 1.82) is 0 Å². The van der Waals surface area contributed by atoms with Gasteiger partial charge in [0.15, 0.2) is 0 Å². The van der Waals surface area contributed by atoms with Crippen LogP contribution in [-0.4, -0.2) is 50.7 Å². The van der Waals surface area contributed by atoms with Gasteiger partial charge in [-0.2, -0.15) is 0 Å². The first-order valence-electron chi connectivity index (χ1n) is 9.74. The minimum atomic E-state index is -0.322. The van der Waals surface area contributed by atoms with Gasteiger partial charge in [-0.15, -0.1) is 12.4 Å². The second-order valence-electron chi connectivity index (χ2n) is 7.69. The molecule has 2 atom stereocenters. The fraction of sp³-hybridized carbons (Fsp3) is 0.667. The van der Waals surface area contributed by atoms with E-state index < -0.39 is 0 Å². The molecular formula is C21H33ClN2O2. The SMILES string of the molecule is CCC1CN(C(=O)C2(COC)CCNCC2)CCC1c1ccccc1.Cl. The van der Waals surface area contributed by atoms with Crippen molar-refractivity contribution in [2.75, 3.05) is 39.9 Å². The lowest BCUT2D eigenvalue weighted by Gasteiger charge is -2.44. The summed E-state index contributed by atoms with van der Waals surface area (Å²) in [6.07, 6.45) is 3.95. The molecule has 2 saturated heterocycles. The first-order chi connectivity index (χ1) is 12.2. The van der Waals surface area contributed by atoms with Crippen molar-refractivity contribution in [2.24, 2.45) is 11.3 Å². The van der Waals surface area contributed by atoms with E-state index in [2.05, 4.69) is 47.5 Å². The molecule has 0 aliphatic carbocycles. The lowest BCUT2D eigenvalue weighted by Crippen LogP contribution is -2.54. The zero-order valence-electron chi connectivity index (χ0n) is 16.1. The van der Waals surface area contributed by atoms with Gasteiger partial charge in [0.05, 0.1) is 12.0 Å². The van der Waals surface area contributed by atoms with Gasteiger partial charge in [0, 0.05) is 20.2 Å². The number of likely N-dealkylation sites (tertiary alicyclic amines) is 1. The number of piperidine rings is 2. The van der Waals surface area contributed by atoms with Crippen LogP contribution in [0.3, 0.4) is 0 Å². The Morgan fingerprint density at radius 3 is 2.58 bits per heavy atom. The molecule has 1 aromatic rings. The summed E-state index contributed by atoms with van der Waals surface area (Å²) in [7, 11) is 1.72. The average molecular weight is 381 g/mol. The second kappa shape index (κ2) is 9.72. The zero-order valence-corrected chi connectivity index (χ0v) is 16.9. The third-order valence-corrected chi connectivity index (χ3v) is 6.21. The predicted molar refractivity (Wildman–Crippen MR) is 108 cm³/mol. The van der Waals surface area contributed by atoms with Gasteiger partial charge in [0.25, 0.3) is 0 Å². The summed E-state index contributed by atoms with van der Waals surface area (Å²) in [6.45, 7) is 6.37. The topological polar surface area (TPSA) is 41.6 Å². The van der Waals surface area contributed by atoms with Gasteiger partial charge in [-0.05, 0) is 49.8 Å². The maximum Gasteiger partial charge on any atom is 0.231 e. The fourth-order valence-corrected chi connectivity index (χ4v) is 4.71. The van der Waals surface area contributed by atoms with Crippen molar-refractivity contribution in [3.8, 4) is 0 Å². The van der Waals surface area contributed by atoms with Gasteiger partial charge in [0.1, 0.15) is 0 Å². The van der Waals surface area contributed by atoms with Crippen LogP contribution in [0, 0.1) is 11.3 Å². The quantitative estimate of drug-likeness (QED) is 0.850. The van der Waals surface area contributed by atoms with Crippen molar-refractivity contribution in [1.82, 2.24) is 10.2 Å². The molecule has 2 fully saturated rings. The highest BCUT2D eigenvalue weighted by atomic mass is 35.5. The summed E-state index contributed by atoms with van der Waals surface area (Å²) in [6, 6.07) is 10.8. The molecule has 2 aliphatic rings. The van der Waals surface area contributed by atoms with Gasteiger partial charge < -0.3 is 15.0 Å². The Balaban J connectivity index is 0.00000243. The Morgan fingerprint density at radius 1 is 1.27 bits per heavy atom. The summed E-state index contributed by atoms with van der Waals surface area (Å²) in [5.74, 6) is 1.43. The number of rotatable bonds is 5. The Hall–Kier alpha value is -1.10. The number of nitrogens with one attached hydrogen (secondary N) is 1. The molecule has 2 unspecified atom stereocenters. The normalized spacial score (nSPS) is 25.4. The van der Waals surface area contributed by atoms with Gasteiger partial charge >= 0.3 is 0 Å². The lowest BCUT2D eigenvalue weighted by molar-refractivity contribution is -0.149. The standard InChI is InChI=1S/C21H32N2O2.ClH/c1-3-17-15-23(14-9-19(17)18-7-5-4-6-8-18)20(24)21(16-25-2)10-12-22-13-11-21;/h4-8,17,19,22H,3,9-16H2,1-2H3;1H. The number of hydrogen-bond donors (Lipinski definition) is 1. The van der Waals surface area contributed by atoms with Crippen LogP contribution in [0.5, 0.6) is 0 Å². The largest absolute Gasteiger partial charge is 0.384 e. The van der Waals surface area contributed by atoms with Crippen LogP contribution in [0.25, 0.3) is 0 Å². The smallest absolute Gasteiger partial charge is 0.231 e. The second-order valence-corrected chi connectivity index (χ2v) is 7.69. The van der Waals surface area contributed by atoms with E-state index in [1.165, 1.54) is 5.56 Å². The molecule has 4 nitrogen and oxygen atoms in total. The summed E-state index contributed by atoms with van der Waals surface area (Å²) in [5, 5.41) is 3.38. The Labute approximate surface area is 164 Å². The molecule has 0 aromatic heterocycles. The highest BCUT2D eigenvalue weighted by Gasteiger charge is 2.44. The number of hydrogen-bond acceptors (Lipinski definition) is 3. The summed E-state index contributed by atoms with van der Waals surface area (Å²) < 4.78 is 5.46. The molecule has 0 radical (unpaired) electrons. The van der Waals surface area contributed by atoms with E-state index in [0.29, 0.717) is 24.3 Å². The van der Waals surface area contributed by atoms with Crippen LogP contribution in [0.4, 0.5) is 0 Å². The van der Waals surface area contributed by atoms with Crippen molar-refractivity contribution in [3.63, 3.8) is 0 Å². The van der Waals surface area contributed by atoms with E-state index in [1.54, 1.807) is 7.11 Å². The van der Waals surface area contributed by atoms with Crippen molar-refractivity contribution < 1.29 is 9.53 Å². The third-order valence-electron chi connectivity index (χ3n) is 6.21. The molecular weight excluding hydrogens is 348 g/mol. The number of halogens is 1. The monoisotopic (exact) mass is 380 g/mol. The third kappa shape index (κ3) is 4.41. The molecule has 5 heteroatoms.